The highest BCUT2D eigenvalue weighted by atomic mass is 35.5. The number of carbonyl (C=O) groups is 1. The summed E-state index contributed by atoms with van der Waals surface area (Å²) in [6, 6.07) is 4.48. The summed E-state index contributed by atoms with van der Waals surface area (Å²) in [5.41, 5.74) is 2.72. The van der Waals surface area contributed by atoms with Gasteiger partial charge in [0, 0.05) is 21.8 Å². The van der Waals surface area contributed by atoms with E-state index in [1.54, 1.807) is 6.07 Å². The van der Waals surface area contributed by atoms with E-state index in [4.69, 9.17) is 16.3 Å². The van der Waals surface area contributed by atoms with Crippen LogP contribution in [0.25, 0.3) is 0 Å². The first-order chi connectivity index (χ1) is 10.6. The topological polar surface area (TPSA) is 67.0 Å². The van der Waals surface area contributed by atoms with Gasteiger partial charge in [0.05, 0.1) is 17.2 Å². The number of hydrogen-bond acceptors (Lipinski definition) is 4. The lowest BCUT2D eigenvalue weighted by Gasteiger charge is -2.25. The number of hydrogen-bond donors (Lipinski definition) is 2. The molecule has 0 saturated heterocycles. The van der Waals surface area contributed by atoms with Crippen molar-refractivity contribution in [1.82, 2.24) is 10.2 Å². The number of cyclic esters (lactones) is 1. The van der Waals surface area contributed by atoms with Gasteiger partial charge in [0.2, 0.25) is 0 Å². The average Bonchev–Trinajstić information content (AvgIpc) is 3.03. The molecule has 4 rings (SSSR count). The molecule has 5 nitrogen and oxygen atoms in total. The number of carbonyl (C=O) groups excluding carboxylic acids is 1. The van der Waals surface area contributed by atoms with Gasteiger partial charge in [-0.15, -0.1) is 0 Å². The van der Waals surface area contributed by atoms with Gasteiger partial charge in [0.1, 0.15) is 12.4 Å². The molecule has 0 amide bonds. The lowest BCUT2D eigenvalue weighted by Crippen LogP contribution is -2.21. The van der Waals surface area contributed by atoms with Gasteiger partial charge < -0.3 is 10.1 Å². The minimum absolute atomic E-state index is 0.127. The Balaban J connectivity index is 2.02. The maximum Gasteiger partial charge on any atom is 0.337 e. The fourth-order valence-corrected chi connectivity index (χ4v) is 3.33. The molecule has 0 bridgehead atoms. The first-order valence-corrected chi connectivity index (χ1v) is 7.11. The number of nitrogens with zero attached hydrogens (tertiary/aromatic N) is 1. The van der Waals surface area contributed by atoms with Crippen molar-refractivity contribution in [3.63, 3.8) is 0 Å². The number of fused-ring (bicyclic) bond motifs is 1. The summed E-state index contributed by atoms with van der Waals surface area (Å²) >= 11 is 6.22. The number of aromatic amines is 1. The first kappa shape index (κ1) is 13.3. The third-order valence-corrected chi connectivity index (χ3v) is 4.35. The van der Waals surface area contributed by atoms with Crippen LogP contribution >= 0.6 is 11.6 Å². The number of ether oxygens (including phenoxy) is 1. The summed E-state index contributed by atoms with van der Waals surface area (Å²) in [5.74, 6) is -0.983. The highest BCUT2D eigenvalue weighted by Gasteiger charge is 2.42. The van der Waals surface area contributed by atoms with Gasteiger partial charge in [0.15, 0.2) is 5.82 Å². The maximum atomic E-state index is 14.4. The first-order valence-electron chi connectivity index (χ1n) is 6.74. The second kappa shape index (κ2) is 4.58. The van der Waals surface area contributed by atoms with Gasteiger partial charge in [-0.25, -0.2) is 9.18 Å². The van der Waals surface area contributed by atoms with Crippen molar-refractivity contribution in [3.8, 4) is 0 Å². The fraction of sp³-hybridized carbons (Fsp3) is 0.200. The van der Waals surface area contributed by atoms with Crippen LogP contribution < -0.4 is 5.32 Å². The molecule has 2 aromatic rings. The Hall–Kier alpha value is -2.34. The summed E-state index contributed by atoms with van der Waals surface area (Å²) < 4.78 is 19.5. The number of nitrogens with one attached hydrogen (secondary N) is 2. The Labute approximate surface area is 130 Å². The van der Waals surface area contributed by atoms with E-state index in [0.29, 0.717) is 22.7 Å². The Morgan fingerprint density at radius 2 is 2.23 bits per heavy atom. The van der Waals surface area contributed by atoms with Crippen molar-refractivity contribution in [2.24, 2.45) is 0 Å². The number of halogens is 2. The Kier molecular flexibility index (Phi) is 2.77. The van der Waals surface area contributed by atoms with Crippen LogP contribution in [-0.2, 0) is 9.53 Å². The molecule has 1 atom stereocenters. The van der Waals surface area contributed by atoms with E-state index in [1.165, 1.54) is 12.1 Å². The van der Waals surface area contributed by atoms with Gasteiger partial charge in [-0.05, 0) is 19.1 Å². The van der Waals surface area contributed by atoms with Crippen molar-refractivity contribution >= 4 is 23.4 Å². The molecule has 0 unspecified atom stereocenters. The molecule has 0 radical (unpaired) electrons. The van der Waals surface area contributed by atoms with E-state index >= 15 is 0 Å². The van der Waals surface area contributed by atoms with Crippen LogP contribution in [-0.4, -0.2) is 22.8 Å². The van der Waals surface area contributed by atoms with Crippen molar-refractivity contribution in [1.29, 1.82) is 0 Å². The number of anilines is 1. The zero-order chi connectivity index (χ0) is 15.4. The lowest BCUT2D eigenvalue weighted by atomic mass is 9.81. The molecular weight excluding hydrogens is 309 g/mol. The summed E-state index contributed by atoms with van der Waals surface area (Å²) in [6.07, 6.45) is 0. The number of benzene rings is 1. The van der Waals surface area contributed by atoms with E-state index in [0.717, 1.165) is 5.69 Å². The van der Waals surface area contributed by atoms with Crippen molar-refractivity contribution in [2.45, 2.75) is 12.8 Å². The van der Waals surface area contributed by atoms with Crippen LogP contribution in [0.5, 0.6) is 0 Å². The van der Waals surface area contributed by atoms with Crippen molar-refractivity contribution < 1.29 is 13.9 Å². The molecule has 112 valence electrons. The minimum Gasteiger partial charge on any atom is -0.456 e. The zero-order valence-electron chi connectivity index (χ0n) is 11.5. The molecule has 2 aliphatic heterocycles. The van der Waals surface area contributed by atoms with Gasteiger partial charge in [-0.1, -0.05) is 17.7 Å². The van der Waals surface area contributed by atoms with Gasteiger partial charge in [0.25, 0.3) is 0 Å². The summed E-state index contributed by atoms with van der Waals surface area (Å²) in [5, 5.41) is 10.4. The molecule has 2 N–H and O–H groups in total. The van der Waals surface area contributed by atoms with Crippen LogP contribution in [0.15, 0.2) is 29.5 Å². The second-order valence-electron chi connectivity index (χ2n) is 5.27. The molecule has 0 aliphatic carbocycles. The van der Waals surface area contributed by atoms with E-state index in [-0.39, 0.29) is 17.2 Å². The summed E-state index contributed by atoms with van der Waals surface area (Å²) in [6.45, 7) is 1.95. The van der Waals surface area contributed by atoms with Gasteiger partial charge in [-0.3, -0.25) is 5.10 Å². The third-order valence-electron chi connectivity index (χ3n) is 4.02. The van der Waals surface area contributed by atoms with Crippen molar-refractivity contribution in [3.05, 3.63) is 57.1 Å². The molecule has 0 fully saturated rings. The Bertz CT molecular complexity index is 823. The maximum absolute atomic E-state index is 14.4. The van der Waals surface area contributed by atoms with E-state index in [9.17, 15) is 9.18 Å². The second-order valence-corrected chi connectivity index (χ2v) is 5.68. The van der Waals surface area contributed by atoms with Crippen LogP contribution in [0.3, 0.4) is 0 Å². The number of aromatic nitrogens is 2. The predicted molar refractivity (Wildman–Crippen MR) is 78.2 cm³/mol. The number of rotatable bonds is 1. The number of H-pyrrole nitrogens is 1. The predicted octanol–water partition coefficient (Wildman–Crippen LogP) is 2.88. The van der Waals surface area contributed by atoms with Crippen molar-refractivity contribution in [2.75, 3.05) is 11.9 Å². The Morgan fingerprint density at radius 1 is 1.41 bits per heavy atom. The smallest absolute Gasteiger partial charge is 0.337 e. The highest BCUT2D eigenvalue weighted by molar-refractivity contribution is 6.31. The van der Waals surface area contributed by atoms with Gasteiger partial charge in [-0.2, -0.15) is 5.10 Å². The summed E-state index contributed by atoms with van der Waals surface area (Å²) in [7, 11) is 0. The third kappa shape index (κ3) is 1.70. The van der Waals surface area contributed by atoms with E-state index in [2.05, 4.69) is 15.5 Å². The molecular formula is C15H11ClFN3O2. The molecule has 0 spiro atoms. The molecule has 3 heterocycles. The van der Waals surface area contributed by atoms with Crippen LogP contribution in [0.1, 0.15) is 22.7 Å². The van der Waals surface area contributed by atoms with Crippen LogP contribution in [0.4, 0.5) is 10.2 Å². The fourth-order valence-electron chi connectivity index (χ4n) is 3.06. The quantitative estimate of drug-likeness (QED) is 0.793. The molecule has 1 aromatic heterocycles. The number of aryl methyl sites for hydroxylation is 1. The Morgan fingerprint density at radius 3 is 3.00 bits per heavy atom. The standard InChI is InChI=1S/C15H11ClFN3O2/c1-6-10-13(11-7(16)3-2-4-8(11)17)12-9(5-22-15(12)21)18-14(10)20-19-6/h2-4,13H,5H2,1H3,(H2,18,19,20)/t13-/m1/s1. The molecule has 0 saturated carbocycles. The number of esters is 1. The lowest BCUT2D eigenvalue weighted by molar-refractivity contribution is -0.136. The van der Waals surface area contributed by atoms with E-state index in [1.807, 2.05) is 6.92 Å². The zero-order valence-corrected chi connectivity index (χ0v) is 12.3. The highest BCUT2D eigenvalue weighted by Crippen LogP contribution is 2.47. The molecule has 2 aliphatic rings. The average molecular weight is 320 g/mol. The van der Waals surface area contributed by atoms with Gasteiger partial charge >= 0.3 is 5.97 Å². The molecule has 22 heavy (non-hydrogen) atoms. The molecule has 1 aromatic carbocycles. The van der Waals surface area contributed by atoms with E-state index < -0.39 is 17.7 Å². The largest absolute Gasteiger partial charge is 0.456 e. The minimum atomic E-state index is -0.631. The van der Waals surface area contributed by atoms with Crippen LogP contribution in [0.2, 0.25) is 5.02 Å². The summed E-state index contributed by atoms with van der Waals surface area (Å²) in [4.78, 5) is 12.1. The SMILES string of the molecule is Cc1[nH]nc2c1[C@H](c1c(F)cccc1Cl)C1=C(COC1=O)N2. The van der Waals surface area contributed by atoms with Crippen LogP contribution in [0, 0.1) is 12.7 Å². The normalized spacial score (nSPS) is 19.6. The molecule has 7 heteroatoms. The monoisotopic (exact) mass is 319 g/mol.